The van der Waals surface area contributed by atoms with Crippen LogP contribution < -0.4 is 10.6 Å². The predicted octanol–water partition coefficient (Wildman–Crippen LogP) is 3.11. The molecule has 2 N–H and O–H groups in total. The Hall–Kier alpha value is -2.86. The lowest BCUT2D eigenvalue weighted by Gasteiger charge is -2.10. The van der Waals surface area contributed by atoms with Gasteiger partial charge in [-0.05, 0) is 55.3 Å². The summed E-state index contributed by atoms with van der Waals surface area (Å²) in [6, 6.07) is 9.70. The Kier molecular flexibility index (Phi) is 6.36. The summed E-state index contributed by atoms with van der Waals surface area (Å²) in [6.07, 6.45) is 0. The standard InChI is InChI=1S/C19H19ClN2O4/c1-11-4-5-13(8-12(11)2)18(24)21-10-17(23)22-16-9-14(19(25)26-3)6-7-15(16)20/h4-9H,10H2,1-3H3,(H,21,24)(H,22,23). The van der Waals surface area contributed by atoms with E-state index in [2.05, 4.69) is 15.4 Å². The number of aryl methyl sites for hydroxylation is 2. The van der Waals surface area contributed by atoms with Crippen LogP contribution in [0.25, 0.3) is 0 Å². The number of amides is 2. The zero-order chi connectivity index (χ0) is 19.3. The van der Waals surface area contributed by atoms with Crippen LogP contribution in [0.1, 0.15) is 31.8 Å². The molecule has 0 heterocycles. The van der Waals surface area contributed by atoms with E-state index in [4.69, 9.17) is 11.6 Å². The first-order chi connectivity index (χ1) is 12.3. The van der Waals surface area contributed by atoms with Crippen molar-refractivity contribution in [1.29, 1.82) is 0 Å². The fourth-order valence-corrected chi connectivity index (χ4v) is 2.37. The number of ether oxygens (including phenoxy) is 1. The van der Waals surface area contributed by atoms with Crippen LogP contribution in [0.15, 0.2) is 36.4 Å². The highest BCUT2D eigenvalue weighted by Gasteiger charge is 2.13. The zero-order valence-corrected chi connectivity index (χ0v) is 15.4. The Morgan fingerprint density at radius 2 is 1.69 bits per heavy atom. The van der Waals surface area contributed by atoms with Crippen molar-refractivity contribution in [2.24, 2.45) is 0 Å². The maximum absolute atomic E-state index is 12.1. The molecule has 6 nitrogen and oxygen atoms in total. The lowest BCUT2D eigenvalue weighted by Crippen LogP contribution is -2.33. The van der Waals surface area contributed by atoms with Crippen LogP contribution in [-0.2, 0) is 9.53 Å². The average Bonchev–Trinajstić information content (AvgIpc) is 2.63. The predicted molar refractivity (Wildman–Crippen MR) is 99.7 cm³/mol. The second kappa shape index (κ2) is 8.49. The third kappa shape index (κ3) is 4.83. The van der Waals surface area contributed by atoms with Crippen molar-refractivity contribution in [2.45, 2.75) is 13.8 Å². The molecule has 0 atom stereocenters. The van der Waals surface area contributed by atoms with Crippen LogP contribution in [0.2, 0.25) is 5.02 Å². The van der Waals surface area contributed by atoms with Crippen LogP contribution >= 0.6 is 11.6 Å². The van der Waals surface area contributed by atoms with Gasteiger partial charge in [0.25, 0.3) is 5.91 Å². The summed E-state index contributed by atoms with van der Waals surface area (Å²) >= 11 is 6.02. The molecule has 0 unspecified atom stereocenters. The minimum atomic E-state index is -0.541. The van der Waals surface area contributed by atoms with Gasteiger partial charge in [0, 0.05) is 5.56 Å². The summed E-state index contributed by atoms with van der Waals surface area (Å²) in [5.41, 5.74) is 3.07. The second-order valence-corrected chi connectivity index (χ2v) is 6.12. The van der Waals surface area contributed by atoms with Gasteiger partial charge in [0.15, 0.2) is 0 Å². The highest BCUT2D eigenvalue weighted by atomic mass is 35.5. The second-order valence-electron chi connectivity index (χ2n) is 5.72. The Balaban J connectivity index is 1.99. The Labute approximate surface area is 156 Å². The van der Waals surface area contributed by atoms with Crippen LogP contribution in [0, 0.1) is 13.8 Å². The van der Waals surface area contributed by atoms with Crippen molar-refractivity contribution in [1.82, 2.24) is 5.32 Å². The van der Waals surface area contributed by atoms with Crippen molar-refractivity contribution >= 4 is 35.1 Å². The number of anilines is 1. The van der Waals surface area contributed by atoms with Gasteiger partial charge in [-0.1, -0.05) is 17.7 Å². The van der Waals surface area contributed by atoms with E-state index in [-0.39, 0.29) is 28.7 Å². The number of esters is 1. The number of hydrogen-bond donors (Lipinski definition) is 2. The van der Waals surface area contributed by atoms with E-state index < -0.39 is 11.9 Å². The molecule has 0 fully saturated rings. The van der Waals surface area contributed by atoms with Crippen molar-refractivity contribution < 1.29 is 19.1 Å². The SMILES string of the molecule is COC(=O)c1ccc(Cl)c(NC(=O)CNC(=O)c2ccc(C)c(C)c2)c1. The highest BCUT2D eigenvalue weighted by Crippen LogP contribution is 2.23. The number of carbonyl (C=O) groups is 3. The number of methoxy groups -OCH3 is 1. The average molecular weight is 375 g/mol. The minimum Gasteiger partial charge on any atom is -0.465 e. The van der Waals surface area contributed by atoms with Crippen molar-refractivity contribution in [3.05, 3.63) is 63.7 Å². The van der Waals surface area contributed by atoms with Crippen LogP contribution in [0.3, 0.4) is 0 Å². The molecule has 0 saturated carbocycles. The molecular weight excluding hydrogens is 356 g/mol. The zero-order valence-electron chi connectivity index (χ0n) is 14.7. The molecule has 0 saturated heterocycles. The van der Waals surface area contributed by atoms with E-state index in [1.165, 1.54) is 25.3 Å². The van der Waals surface area contributed by atoms with Crippen molar-refractivity contribution in [3.63, 3.8) is 0 Å². The summed E-state index contributed by atoms with van der Waals surface area (Å²) in [7, 11) is 1.26. The monoisotopic (exact) mass is 374 g/mol. The molecular formula is C19H19ClN2O4. The molecule has 0 bridgehead atoms. The van der Waals surface area contributed by atoms with E-state index in [0.717, 1.165) is 11.1 Å². The van der Waals surface area contributed by atoms with Gasteiger partial charge in [-0.3, -0.25) is 9.59 Å². The van der Waals surface area contributed by atoms with Gasteiger partial charge in [-0.2, -0.15) is 0 Å². The summed E-state index contributed by atoms with van der Waals surface area (Å²) in [6.45, 7) is 3.64. The van der Waals surface area contributed by atoms with Crippen molar-refractivity contribution in [3.8, 4) is 0 Å². The summed E-state index contributed by atoms with van der Waals surface area (Å²) in [4.78, 5) is 35.8. The Bertz CT molecular complexity index is 865. The van der Waals surface area contributed by atoms with E-state index in [9.17, 15) is 14.4 Å². The molecule has 2 aromatic carbocycles. The lowest BCUT2D eigenvalue weighted by atomic mass is 10.1. The Morgan fingerprint density at radius 1 is 1.00 bits per heavy atom. The van der Waals surface area contributed by atoms with Gasteiger partial charge >= 0.3 is 5.97 Å². The maximum atomic E-state index is 12.1. The van der Waals surface area contributed by atoms with E-state index in [1.807, 2.05) is 19.9 Å². The number of nitrogens with one attached hydrogen (secondary N) is 2. The lowest BCUT2D eigenvalue weighted by molar-refractivity contribution is -0.115. The quantitative estimate of drug-likeness (QED) is 0.787. The smallest absolute Gasteiger partial charge is 0.337 e. The summed E-state index contributed by atoms with van der Waals surface area (Å²) in [5.74, 6) is -1.36. The van der Waals surface area contributed by atoms with Crippen molar-refractivity contribution in [2.75, 3.05) is 19.0 Å². The maximum Gasteiger partial charge on any atom is 0.337 e. The highest BCUT2D eigenvalue weighted by molar-refractivity contribution is 6.33. The first kappa shape index (κ1) is 19.5. The molecule has 7 heteroatoms. The third-order valence-corrected chi connectivity index (χ3v) is 4.17. The summed E-state index contributed by atoms with van der Waals surface area (Å²) < 4.78 is 4.63. The minimum absolute atomic E-state index is 0.232. The molecule has 0 aliphatic rings. The first-order valence-corrected chi connectivity index (χ1v) is 8.22. The molecule has 2 rings (SSSR count). The number of benzene rings is 2. The molecule has 0 spiro atoms. The first-order valence-electron chi connectivity index (χ1n) is 7.85. The number of halogens is 1. The van der Waals surface area contributed by atoms with Gasteiger partial charge in [0.05, 0.1) is 29.9 Å². The molecule has 26 heavy (non-hydrogen) atoms. The van der Waals surface area contributed by atoms with Crippen LogP contribution in [0.5, 0.6) is 0 Å². The fraction of sp³-hybridized carbons (Fsp3) is 0.211. The molecule has 0 aromatic heterocycles. The van der Waals surface area contributed by atoms with Gasteiger partial charge < -0.3 is 15.4 Å². The van der Waals surface area contributed by atoms with E-state index in [1.54, 1.807) is 12.1 Å². The largest absolute Gasteiger partial charge is 0.465 e. The molecule has 0 radical (unpaired) electrons. The number of hydrogen-bond acceptors (Lipinski definition) is 4. The van der Waals surface area contributed by atoms with Gasteiger partial charge in [-0.25, -0.2) is 4.79 Å². The molecule has 0 aliphatic heterocycles. The topological polar surface area (TPSA) is 84.5 Å². The molecule has 136 valence electrons. The third-order valence-electron chi connectivity index (χ3n) is 3.84. The molecule has 2 amide bonds. The van der Waals surface area contributed by atoms with E-state index >= 15 is 0 Å². The normalized spacial score (nSPS) is 10.2. The summed E-state index contributed by atoms with van der Waals surface area (Å²) in [5, 5.41) is 5.38. The van der Waals surface area contributed by atoms with E-state index in [0.29, 0.717) is 5.56 Å². The van der Waals surface area contributed by atoms with Crippen LogP contribution in [-0.4, -0.2) is 31.4 Å². The molecule has 0 aliphatic carbocycles. The van der Waals surface area contributed by atoms with Crippen LogP contribution in [0.4, 0.5) is 5.69 Å². The van der Waals surface area contributed by atoms with Gasteiger partial charge in [0.1, 0.15) is 0 Å². The Morgan fingerprint density at radius 3 is 2.35 bits per heavy atom. The molecule has 2 aromatic rings. The fourth-order valence-electron chi connectivity index (χ4n) is 2.21. The number of rotatable bonds is 5. The van der Waals surface area contributed by atoms with Gasteiger partial charge in [-0.15, -0.1) is 0 Å². The van der Waals surface area contributed by atoms with Gasteiger partial charge in [0.2, 0.25) is 5.91 Å². The number of carbonyl (C=O) groups excluding carboxylic acids is 3.